The number of rotatable bonds is 3. The molecule has 0 spiro atoms. The van der Waals surface area contributed by atoms with Gasteiger partial charge in [-0.25, -0.2) is 9.37 Å². The number of aromatic nitrogens is 1. The Morgan fingerprint density at radius 1 is 0.946 bits per heavy atom. The highest BCUT2D eigenvalue weighted by Gasteiger charge is 2.59. The van der Waals surface area contributed by atoms with Gasteiger partial charge in [-0.1, -0.05) is 88.7 Å². The van der Waals surface area contributed by atoms with E-state index in [1.165, 1.54) is 39.7 Å². The molecule has 6 heteroatoms. The van der Waals surface area contributed by atoms with Crippen molar-refractivity contribution >= 4 is 49.1 Å². The summed E-state index contributed by atoms with van der Waals surface area (Å²) in [6, 6.07) is 27.5. The van der Waals surface area contributed by atoms with Gasteiger partial charge in [0.1, 0.15) is 5.82 Å². The van der Waals surface area contributed by atoms with Crippen LogP contribution in [0.5, 0.6) is 0 Å². The third-order valence-electron chi connectivity index (χ3n) is 8.04. The quantitative estimate of drug-likeness (QED) is 0.223. The van der Waals surface area contributed by atoms with E-state index < -0.39 is 9.74 Å². The molecule has 0 saturated carbocycles. The van der Waals surface area contributed by atoms with Gasteiger partial charge >= 0.3 is 0 Å². The van der Waals surface area contributed by atoms with Crippen molar-refractivity contribution in [3.8, 4) is 11.3 Å². The molecule has 3 aliphatic carbocycles. The van der Waals surface area contributed by atoms with Crippen LogP contribution in [-0.2, 0) is 9.12 Å². The molecular formula is C31H22BrFN2OS. The summed E-state index contributed by atoms with van der Waals surface area (Å²) in [7, 11) is 0. The fourth-order valence-electron chi connectivity index (χ4n) is 6.41. The molecule has 1 unspecified atom stereocenters. The molecular weight excluding hydrogens is 547 g/mol. The Hall–Kier alpha value is -3.35. The Balaban J connectivity index is 1.26. The summed E-state index contributed by atoms with van der Waals surface area (Å²) in [5.74, 6) is -0.359. The first-order valence-electron chi connectivity index (χ1n) is 12.2. The van der Waals surface area contributed by atoms with E-state index in [1.807, 2.05) is 23.6 Å². The van der Waals surface area contributed by atoms with E-state index >= 15 is 0 Å². The van der Waals surface area contributed by atoms with Gasteiger partial charge in [-0.05, 0) is 53.1 Å². The number of amides is 1. The van der Waals surface area contributed by atoms with Gasteiger partial charge in [-0.3, -0.25) is 4.79 Å². The summed E-state index contributed by atoms with van der Waals surface area (Å²) in [5, 5.41) is 6.96. The lowest BCUT2D eigenvalue weighted by Crippen LogP contribution is -2.52. The fourth-order valence-corrected chi connectivity index (χ4v) is 8.42. The lowest BCUT2D eigenvalue weighted by Gasteiger charge is -2.54. The van der Waals surface area contributed by atoms with Crippen LogP contribution in [0.15, 0.2) is 90.3 Å². The van der Waals surface area contributed by atoms with Crippen molar-refractivity contribution in [2.24, 2.45) is 5.41 Å². The Kier molecular flexibility index (Phi) is 4.98. The van der Waals surface area contributed by atoms with Crippen LogP contribution in [0.25, 0.3) is 22.0 Å². The zero-order chi connectivity index (χ0) is 25.4. The van der Waals surface area contributed by atoms with Crippen LogP contribution in [0, 0.1) is 11.2 Å². The number of carbonyl (C=O) groups excluding carboxylic acids is 1. The molecule has 1 aromatic heterocycles. The topological polar surface area (TPSA) is 42.0 Å². The van der Waals surface area contributed by atoms with Crippen molar-refractivity contribution in [3.05, 3.63) is 118 Å². The highest BCUT2D eigenvalue weighted by molar-refractivity contribution is 9.09. The lowest BCUT2D eigenvalue weighted by molar-refractivity contribution is -0.127. The number of hydrogen-bond acceptors (Lipinski definition) is 3. The standard InChI is InChI=1S/C31H22BrFN2OS/c1-30(17-31(32)23-12-6-4-10-21(23)27(30)22-11-5-7-13-24(22)31)28(36)35-29-34-26(16-37-29)20-14-15-25(33)19-9-3-2-8-18(19)20/h2-16,27H,17H2,1H3,(H,34,35,36). The predicted octanol–water partition coefficient (Wildman–Crippen LogP) is 8.23. The van der Waals surface area contributed by atoms with E-state index in [4.69, 9.17) is 4.98 Å². The predicted molar refractivity (Wildman–Crippen MR) is 151 cm³/mol. The minimum absolute atomic E-state index is 0.0461. The maximum absolute atomic E-state index is 14.3. The van der Waals surface area contributed by atoms with Gasteiger partial charge in [0.25, 0.3) is 0 Å². The molecule has 37 heavy (non-hydrogen) atoms. The van der Waals surface area contributed by atoms with Crippen molar-refractivity contribution in [1.29, 1.82) is 0 Å². The molecule has 1 N–H and O–H groups in total. The Bertz CT molecular complexity index is 1680. The normalized spacial score (nSPS) is 23.5. The third kappa shape index (κ3) is 3.22. The summed E-state index contributed by atoms with van der Waals surface area (Å²) in [5.41, 5.74) is 5.76. The minimum atomic E-state index is -0.680. The molecule has 1 atom stereocenters. The van der Waals surface area contributed by atoms with Crippen molar-refractivity contribution in [2.45, 2.75) is 23.6 Å². The van der Waals surface area contributed by atoms with E-state index in [2.05, 4.69) is 76.7 Å². The first kappa shape index (κ1) is 22.8. The summed E-state index contributed by atoms with van der Waals surface area (Å²) in [4.78, 5) is 18.8. The molecule has 8 rings (SSSR count). The Labute approximate surface area is 226 Å². The maximum atomic E-state index is 14.3. The number of halogens is 2. The Morgan fingerprint density at radius 3 is 2.27 bits per heavy atom. The molecule has 2 bridgehead atoms. The van der Waals surface area contributed by atoms with Gasteiger partial charge in [-0.2, -0.15) is 0 Å². The first-order valence-corrected chi connectivity index (χ1v) is 13.9. The van der Waals surface area contributed by atoms with Gasteiger partial charge < -0.3 is 5.32 Å². The molecule has 4 aromatic carbocycles. The number of carbonyl (C=O) groups is 1. The fraction of sp³-hybridized carbons (Fsp3) is 0.161. The summed E-state index contributed by atoms with van der Waals surface area (Å²) < 4.78 is 13.9. The summed E-state index contributed by atoms with van der Waals surface area (Å²) in [6.07, 6.45) is 0.644. The molecule has 1 amide bonds. The molecule has 3 aliphatic rings. The highest BCUT2D eigenvalue weighted by Crippen LogP contribution is 2.66. The third-order valence-corrected chi connectivity index (χ3v) is 9.93. The number of fused-ring (bicyclic) bond motifs is 2. The van der Waals surface area contributed by atoms with E-state index in [-0.39, 0.29) is 17.6 Å². The van der Waals surface area contributed by atoms with Crippen LogP contribution in [-0.4, -0.2) is 10.9 Å². The molecule has 5 aromatic rings. The number of alkyl halides is 1. The number of hydrogen-bond donors (Lipinski definition) is 1. The monoisotopic (exact) mass is 568 g/mol. The summed E-state index contributed by atoms with van der Waals surface area (Å²) >= 11 is 5.49. The van der Waals surface area contributed by atoms with Gasteiger partial charge in [-0.15, -0.1) is 11.3 Å². The number of thiazole rings is 1. The van der Waals surface area contributed by atoms with Crippen LogP contribution < -0.4 is 5.32 Å². The molecule has 0 radical (unpaired) electrons. The van der Waals surface area contributed by atoms with Gasteiger partial charge in [0, 0.05) is 22.2 Å². The lowest BCUT2D eigenvalue weighted by atomic mass is 9.52. The van der Waals surface area contributed by atoms with Crippen molar-refractivity contribution in [3.63, 3.8) is 0 Å². The van der Waals surface area contributed by atoms with Crippen LogP contribution in [0.1, 0.15) is 41.5 Å². The minimum Gasteiger partial charge on any atom is -0.301 e. The number of benzene rings is 4. The van der Waals surface area contributed by atoms with E-state index in [1.54, 1.807) is 12.1 Å². The Morgan fingerprint density at radius 2 is 1.57 bits per heavy atom. The molecule has 182 valence electrons. The van der Waals surface area contributed by atoms with E-state index in [9.17, 15) is 9.18 Å². The van der Waals surface area contributed by atoms with Gasteiger partial charge in [0.05, 0.1) is 15.4 Å². The largest absolute Gasteiger partial charge is 0.301 e. The van der Waals surface area contributed by atoms with Crippen molar-refractivity contribution in [2.75, 3.05) is 5.32 Å². The second-order valence-electron chi connectivity index (χ2n) is 10.1. The van der Waals surface area contributed by atoms with Crippen LogP contribution >= 0.6 is 27.3 Å². The number of nitrogens with one attached hydrogen (secondary N) is 1. The average molecular weight is 569 g/mol. The molecule has 0 saturated heterocycles. The zero-order valence-corrected chi connectivity index (χ0v) is 22.4. The number of anilines is 1. The summed E-state index contributed by atoms with van der Waals surface area (Å²) in [6.45, 7) is 2.07. The zero-order valence-electron chi connectivity index (χ0n) is 20.0. The van der Waals surface area contributed by atoms with Crippen LogP contribution in [0.2, 0.25) is 0 Å². The van der Waals surface area contributed by atoms with E-state index in [0.717, 1.165) is 16.6 Å². The second-order valence-corrected chi connectivity index (χ2v) is 12.3. The number of nitrogens with zero attached hydrogens (tertiary/aromatic N) is 1. The highest BCUT2D eigenvalue weighted by atomic mass is 79.9. The SMILES string of the molecule is CC1(C(=O)Nc2nc(-c3ccc(F)c4ccccc34)cs2)CC2(Br)c3ccccc3C1c1ccccc12. The van der Waals surface area contributed by atoms with Crippen molar-refractivity contribution < 1.29 is 9.18 Å². The average Bonchev–Trinajstić information content (AvgIpc) is 3.37. The molecule has 3 nitrogen and oxygen atoms in total. The molecule has 0 fully saturated rings. The van der Waals surface area contributed by atoms with Crippen LogP contribution in [0.3, 0.4) is 0 Å². The van der Waals surface area contributed by atoms with Crippen LogP contribution in [0.4, 0.5) is 9.52 Å². The maximum Gasteiger partial charge on any atom is 0.233 e. The van der Waals surface area contributed by atoms with Gasteiger partial charge in [0.2, 0.25) is 5.91 Å². The second kappa shape index (κ2) is 8.07. The smallest absolute Gasteiger partial charge is 0.233 e. The molecule has 0 aliphatic heterocycles. The van der Waals surface area contributed by atoms with Crippen molar-refractivity contribution in [1.82, 2.24) is 4.98 Å². The van der Waals surface area contributed by atoms with Gasteiger partial charge in [0.15, 0.2) is 5.13 Å². The molecule has 1 heterocycles. The first-order chi connectivity index (χ1) is 17.9. The van der Waals surface area contributed by atoms with E-state index in [0.29, 0.717) is 16.9 Å².